The van der Waals surface area contributed by atoms with Gasteiger partial charge in [0.25, 0.3) is 0 Å². The highest BCUT2D eigenvalue weighted by Gasteiger charge is 2.06. The lowest BCUT2D eigenvalue weighted by atomic mass is 10.1. The summed E-state index contributed by atoms with van der Waals surface area (Å²) >= 11 is 3.35. The normalized spacial score (nSPS) is 11.9. The molecule has 0 aliphatic heterocycles. The van der Waals surface area contributed by atoms with Crippen molar-refractivity contribution in [2.45, 2.75) is 25.9 Å². The molecular weight excluding hydrogens is 293 g/mol. The van der Waals surface area contributed by atoms with Crippen molar-refractivity contribution >= 4 is 28.3 Å². The van der Waals surface area contributed by atoms with Crippen LogP contribution in [0.4, 0.5) is 0 Å². The van der Waals surface area contributed by atoms with Crippen molar-refractivity contribution in [3.8, 4) is 5.75 Å². The first-order chi connectivity index (χ1) is 7.17. The highest BCUT2D eigenvalue weighted by Crippen LogP contribution is 2.21. The van der Waals surface area contributed by atoms with Gasteiger partial charge in [-0.3, -0.25) is 0 Å². The van der Waals surface area contributed by atoms with E-state index in [4.69, 9.17) is 5.11 Å². The Morgan fingerprint density at radius 3 is 2.69 bits per heavy atom. The van der Waals surface area contributed by atoms with E-state index in [1.54, 1.807) is 12.1 Å². The highest BCUT2D eigenvalue weighted by atomic mass is 79.9. The molecule has 0 saturated carbocycles. The van der Waals surface area contributed by atoms with Gasteiger partial charge in [0.05, 0.1) is 6.61 Å². The zero-order valence-electron chi connectivity index (χ0n) is 9.11. The summed E-state index contributed by atoms with van der Waals surface area (Å²) < 4.78 is 0.939. The SMILES string of the molecule is CCC(CO)NCc1cc(Br)ccc1O.Cl. The summed E-state index contributed by atoms with van der Waals surface area (Å²) in [7, 11) is 0. The standard InChI is InChI=1S/C11H16BrNO2.ClH/c1-2-10(7-14)13-6-8-5-9(12)3-4-11(8)15;/h3-5,10,13-15H,2,6-7H2,1H3;1H. The molecule has 0 bridgehead atoms. The number of aliphatic hydroxyl groups excluding tert-OH is 1. The molecule has 0 heterocycles. The highest BCUT2D eigenvalue weighted by molar-refractivity contribution is 9.10. The Morgan fingerprint density at radius 2 is 2.12 bits per heavy atom. The number of hydrogen-bond donors (Lipinski definition) is 3. The third kappa shape index (κ3) is 4.70. The first kappa shape index (κ1) is 15.7. The Kier molecular flexibility index (Phi) is 7.76. The van der Waals surface area contributed by atoms with E-state index in [2.05, 4.69) is 21.2 Å². The Morgan fingerprint density at radius 1 is 1.44 bits per heavy atom. The number of hydrogen-bond acceptors (Lipinski definition) is 3. The molecule has 1 aromatic carbocycles. The first-order valence-electron chi connectivity index (χ1n) is 4.99. The van der Waals surface area contributed by atoms with Gasteiger partial charge in [-0.25, -0.2) is 0 Å². The van der Waals surface area contributed by atoms with Crippen LogP contribution in [-0.2, 0) is 6.54 Å². The average Bonchev–Trinajstić information content (AvgIpc) is 2.24. The summed E-state index contributed by atoms with van der Waals surface area (Å²) in [6, 6.07) is 5.40. The maximum absolute atomic E-state index is 9.57. The van der Waals surface area contributed by atoms with Crippen LogP contribution in [0.1, 0.15) is 18.9 Å². The number of nitrogens with one attached hydrogen (secondary N) is 1. The molecule has 0 radical (unpaired) electrons. The minimum Gasteiger partial charge on any atom is -0.508 e. The van der Waals surface area contributed by atoms with E-state index >= 15 is 0 Å². The van der Waals surface area contributed by atoms with Crippen LogP contribution in [0.3, 0.4) is 0 Å². The third-order valence-corrected chi connectivity index (χ3v) is 2.83. The molecule has 3 nitrogen and oxygen atoms in total. The van der Waals surface area contributed by atoms with Gasteiger partial charge in [-0.15, -0.1) is 12.4 Å². The number of benzene rings is 1. The van der Waals surface area contributed by atoms with Gasteiger partial charge in [0, 0.05) is 22.6 Å². The van der Waals surface area contributed by atoms with E-state index in [-0.39, 0.29) is 30.8 Å². The molecule has 0 saturated heterocycles. The number of halogens is 2. The van der Waals surface area contributed by atoms with Crippen LogP contribution in [0, 0.1) is 0 Å². The Balaban J connectivity index is 0.00000225. The molecule has 16 heavy (non-hydrogen) atoms. The van der Waals surface area contributed by atoms with Crippen LogP contribution in [0.25, 0.3) is 0 Å². The fourth-order valence-corrected chi connectivity index (χ4v) is 1.70. The van der Waals surface area contributed by atoms with Crippen molar-refractivity contribution < 1.29 is 10.2 Å². The summed E-state index contributed by atoms with van der Waals surface area (Å²) in [5, 5.41) is 21.7. The van der Waals surface area contributed by atoms with Gasteiger partial charge in [-0.05, 0) is 24.6 Å². The summed E-state index contributed by atoms with van der Waals surface area (Å²) in [5.74, 6) is 0.276. The molecule has 0 fully saturated rings. The lowest BCUT2D eigenvalue weighted by Crippen LogP contribution is -2.31. The van der Waals surface area contributed by atoms with E-state index in [9.17, 15) is 5.11 Å². The average molecular weight is 311 g/mol. The van der Waals surface area contributed by atoms with Crippen LogP contribution in [0.5, 0.6) is 5.75 Å². The van der Waals surface area contributed by atoms with Crippen LogP contribution < -0.4 is 5.32 Å². The number of aliphatic hydroxyl groups is 1. The lowest BCUT2D eigenvalue weighted by molar-refractivity contribution is 0.238. The Hall–Kier alpha value is -0.290. The van der Waals surface area contributed by atoms with Gasteiger partial charge < -0.3 is 15.5 Å². The Bertz CT molecular complexity index is 319. The molecule has 0 aromatic heterocycles. The van der Waals surface area contributed by atoms with Gasteiger partial charge >= 0.3 is 0 Å². The molecule has 5 heteroatoms. The number of aromatic hydroxyl groups is 1. The molecule has 1 aromatic rings. The second-order valence-electron chi connectivity index (χ2n) is 3.44. The molecule has 1 rings (SSSR count). The largest absolute Gasteiger partial charge is 0.508 e. The maximum Gasteiger partial charge on any atom is 0.120 e. The molecule has 0 spiro atoms. The zero-order valence-corrected chi connectivity index (χ0v) is 11.5. The minimum atomic E-state index is 0. The summed E-state index contributed by atoms with van der Waals surface area (Å²) in [6.45, 7) is 2.68. The van der Waals surface area contributed by atoms with Crippen LogP contribution in [0.2, 0.25) is 0 Å². The van der Waals surface area contributed by atoms with Crippen molar-refractivity contribution in [2.24, 2.45) is 0 Å². The molecule has 1 unspecified atom stereocenters. The molecule has 3 N–H and O–H groups in total. The second kappa shape index (κ2) is 7.90. The minimum absolute atomic E-state index is 0. The summed E-state index contributed by atoms with van der Waals surface area (Å²) in [6.07, 6.45) is 0.866. The number of phenols is 1. The molecule has 1 atom stereocenters. The predicted octanol–water partition coefficient (Wildman–Crippen LogP) is 2.44. The fraction of sp³-hybridized carbons (Fsp3) is 0.455. The van der Waals surface area contributed by atoms with E-state index in [1.807, 2.05) is 13.0 Å². The van der Waals surface area contributed by atoms with Crippen molar-refractivity contribution in [1.29, 1.82) is 0 Å². The first-order valence-corrected chi connectivity index (χ1v) is 5.78. The van der Waals surface area contributed by atoms with Crippen molar-refractivity contribution in [1.82, 2.24) is 5.32 Å². The monoisotopic (exact) mass is 309 g/mol. The van der Waals surface area contributed by atoms with Crippen LogP contribution in [-0.4, -0.2) is 22.9 Å². The second-order valence-corrected chi connectivity index (χ2v) is 4.36. The summed E-state index contributed by atoms with van der Waals surface area (Å²) in [4.78, 5) is 0. The molecule has 0 amide bonds. The van der Waals surface area contributed by atoms with E-state index < -0.39 is 0 Å². The third-order valence-electron chi connectivity index (χ3n) is 2.34. The molecular formula is C11H17BrClNO2. The van der Waals surface area contributed by atoms with Crippen LogP contribution >= 0.6 is 28.3 Å². The van der Waals surface area contributed by atoms with Gasteiger partial charge in [0.2, 0.25) is 0 Å². The van der Waals surface area contributed by atoms with Gasteiger partial charge in [-0.2, -0.15) is 0 Å². The quantitative estimate of drug-likeness (QED) is 0.783. The Labute approximate surface area is 110 Å². The molecule has 0 aliphatic rings. The van der Waals surface area contributed by atoms with E-state index in [1.165, 1.54) is 0 Å². The van der Waals surface area contributed by atoms with Crippen LogP contribution in [0.15, 0.2) is 22.7 Å². The van der Waals surface area contributed by atoms with E-state index in [0.29, 0.717) is 6.54 Å². The van der Waals surface area contributed by atoms with Crippen molar-refractivity contribution in [3.05, 3.63) is 28.2 Å². The lowest BCUT2D eigenvalue weighted by Gasteiger charge is -2.14. The fourth-order valence-electron chi connectivity index (χ4n) is 1.29. The van der Waals surface area contributed by atoms with E-state index in [0.717, 1.165) is 16.5 Å². The smallest absolute Gasteiger partial charge is 0.120 e. The zero-order chi connectivity index (χ0) is 11.3. The van der Waals surface area contributed by atoms with Crippen molar-refractivity contribution in [3.63, 3.8) is 0 Å². The van der Waals surface area contributed by atoms with Gasteiger partial charge in [-0.1, -0.05) is 22.9 Å². The maximum atomic E-state index is 9.57. The predicted molar refractivity (Wildman–Crippen MR) is 71.1 cm³/mol. The number of phenolic OH excluding ortho intramolecular Hbond substituents is 1. The van der Waals surface area contributed by atoms with Crippen molar-refractivity contribution in [2.75, 3.05) is 6.61 Å². The molecule has 92 valence electrons. The number of rotatable bonds is 5. The molecule has 0 aliphatic carbocycles. The van der Waals surface area contributed by atoms with Gasteiger partial charge in [0.15, 0.2) is 0 Å². The van der Waals surface area contributed by atoms with Gasteiger partial charge in [0.1, 0.15) is 5.75 Å². The topological polar surface area (TPSA) is 52.5 Å². The summed E-state index contributed by atoms with van der Waals surface area (Å²) in [5.41, 5.74) is 0.830.